The van der Waals surface area contributed by atoms with Crippen LogP contribution in [0.3, 0.4) is 0 Å². The van der Waals surface area contributed by atoms with E-state index in [1.54, 1.807) is 0 Å². The lowest BCUT2D eigenvalue weighted by Gasteiger charge is -2.25. The van der Waals surface area contributed by atoms with Crippen LogP contribution in [0.4, 0.5) is 22.0 Å². The first-order valence-electron chi connectivity index (χ1n) is 6.08. The first kappa shape index (κ1) is 22.7. The van der Waals surface area contributed by atoms with E-state index < -0.39 is 64.9 Å². The number of esters is 1. The van der Waals surface area contributed by atoms with E-state index in [9.17, 15) is 35.2 Å². The molecule has 0 aromatic rings. The molecule has 142 valence electrons. The maximum Gasteiger partial charge on any atom is 0.417 e. The van der Waals surface area contributed by atoms with Crippen LogP contribution < -0.4 is 0 Å². The zero-order valence-corrected chi connectivity index (χ0v) is 13.1. The maximum atomic E-state index is 12.8. The summed E-state index contributed by atoms with van der Waals surface area (Å²) in [5.41, 5.74) is -3.68. The number of alkyl halides is 5. The maximum absolute atomic E-state index is 12.8. The SMILES string of the molecule is C=C(COCC(F)(F)S(=O)(=O)O)C(=O)OCCC(C)(O)C(F)(F)F. The van der Waals surface area contributed by atoms with Crippen LogP contribution >= 0.6 is 0 Å². The fourth-order valence-electron chi connectivity index (χ4n) is 1.01. The Labute approximate surface area is 133 Å². The largest absolute Gasteiger partial charge is 0.462 e. The average Bonchev–Trinajstić information content (AvgIpc) is 2.35. The van der Waals surface area contributed by atoms with Gasteiger partial charge in [0.2, 0.25) is 0 Å². The highest BCUT2D eigenvalue weighted by Gasteiger charge is 2.49. The highest BCUT2D eigenvalue weighted by Crippen LogP contribution is 2.32. The van der Waals surface area contributed by atoms with E-state index in [-0.39, 0.29) is 0 Å². The Morgan fingerprint density at radius 3 is 2.12 bits per heavy atom. The number of rotatable bonds is 9. The molecule has 0 amide bonds. The standard InChI is InChI=1S/C11H15F5O7S/c1-7(5-22-6-10(12,13)24(19,20)21)8(17)23-4-3-9(2,18)11(14,15)16/h18H,1,3-6H2,2H3,(H,19,20,21). The van der Waals surface area contributed by atoms with Crippen molar-refractivity contribution in [1.29, 1.82) is 0 Å². The van der Waals surface area contributed by atoms with Gasteiger partial charge in [-0.1, -0.05) is 6.58 Å². The van der Waals surface area contributed by atoms with E-state index in [1.165, 1.54) is 0 Å². The van der Waals surface area contributed by atoms with E-state index in [2.05, 4.69) is 16.1 Å². The third-order valence-electron chi connectivity index (χ3n) is 2.65. The lowest BCUT2D eigenvalue weighted by molar-refractivity contribution is -0.257. The van der Waals surface area contributed by atoms with Crippen molar-refractivity contribution in [1.82, 2.24) is 0 Å². The van der Waals surface area contributed by atoms with Gasteiger partial charge in [0.05, 0.1) is 18.8 Å². The summed E-state index contributed by atoms with van der Waals surface area (Å²) in [5.74, 6) is -1.29. The number of carbonyl (C=O) groups is 1. The summed E-state index contributed by atoms with van der Waals surface area (Å²) < 4.78 is 99.8. The van der Waals surface area contributed by atoms with Gasteiger partial charge in [0.15, 0.2) is 5.60 Å². The van der Waals surface area contributed by atoms with E-state index >= 15 is 0 Å². The van der Waals surface area contributed by atoms with Crippen molar-refractivity contribution < 1.29 is 54.3 Å². The van der Waals surface area contributed by atoms with Crippen LogP contribution in [0, 0.1) is 0 Å². The van der Waals surface area contributed by atoms with Crippen molar-refractivity contribution in [2.45, 2.75) is 30.4 Å². The summed E-state index contributed by atoms with van der Waals surface area (Å²) >= 11 is 0. The van der Waals surface area contributed by atoms with Crippen molar-refractivity contribution in [2.75, 3.05) is 19.8 Å². The number of hydrogen-bond donors (Lipinski definition) is 2. The molecule has 0 aliphatic rings. The van der Waals surface area contributed by atoms with Gasteiger partial charge in [-0.2, -0.15) is 30.4 Å². The number of aliphatic hydroxyl groups is 1. The lowest BCUT2D eigenvalue weighted by Crippen LogP contribution is -2.43. The minimum absolute atomic E-state index is 0.468. The summed E-state index contributed by atoms with van der Waals surface area (Å²) in [7, 11) is -5.70. The Kier molecular flexibility index (Phi) is 7.29. The second kappa shape index (κ2) is 7.72. The third kappa shape index (κ3) is 6.67. The number of halogens is 5. The van der Waals surface area contributed by atoms with Gasteiger partial charge in [-0.25, -0.2) is 4.79 Å². The summed E-state index contributed by atoms with van der Waals surface area (Å²) in [4.78, 5) is 11.3. The number of hydrogen-bond acceptors (Lipinski definition) is 6. The average molecular weight is 386 g/mol. The van der Waals surface area contributed by atoms with Gasteiger partial charge in [0.1, 0.15) is 6.61 Å². The predicted octanol–water partition coefficient (Wildman–Crippen LogP) is 1.29. The second-order valence-corrected chi connectivity index (χ2v) is 6.41. The minimum atomic E-state index is -5.70. The number of carbonyl (C=O) groups excluding carboxylic acids is 1. The molecule has 0 radical (unpaired) electrons. The molecular formula is C11H15F5O7S. The highest BCUT2D eigenvalue weighted by molar-refractivity contribution is 7.86. The lowest BCUT2D eigenvalue weighted by atomic mass is 10.0. The Bertz CT molecular complexity index is 568. The molecule has 0 saturated heterocycles. The smallest absolute Gasteiger partial charge is 0.417 e. The Hall–Kier alpha value is -1.31. The van der Waals surface area contributed by atoms with Gasteiger partial charge in [-0.15, -0.1) is 0 Å². The summed E-state index contributed by atoms with van der Waals surface area (Å²) in [6.07, 6.45) is -5.92. The molecular weight excluding hydrogens is 371 g/mol. The van der Waals surface area contributed by atoms with E-state index in [0.29, 0.717) is 6.92 Å². The fraction of sp³-hybridized carbons (Fsp3) is 0.727. The Morgan fingerprint density at radius 1 is 1.21 bits per heavy atom. The number of ether oxygens (including phenoxy) is 2. The summed E-state index contributed by atoms with van der Waals surface area (Å²) in [6.45, 7) is -0.00811. The summed E-state index contributed by atoms with van der Waals surface area (Å²) in [6, 6.07) is 0. The van der Waals surface area contributed by atoms with Crippen LogP contribution in [-0.4, -0.2) is 60.9 Å². The van der Waals surface area contributed by atoms with Gasteiger partial charge in [-0.05, 0) is 6.92 Å². The normalized spacial score (nSPS) is 15.7. The fourth-order valence-corrected chi connectivity index (χ4v) is 1.24. The van der Waals surface area contributed by atoms with Crippen LogP contribution in [0.25, 0.3) is 0 Å². The molecule has 0 bridgehead atoms. The quantitative estimate of drug-likeness (QED) is 0.266. The van der Waals surface area contributed by atoms with Crippen molar-refractivity contribution in [2.24, 2.45) is 0 Å². The molecule has 0 fully saturated rings. The van der Waals surface area contributed by atoms with Crippen LogP contribution in [0.15, 0.2) is 12.2 Å². The molecule has 1 unspecified atom stereocenters. The van der Waals surface area contributed by atoms with Crippen molar-refractivity contribution in [3.8, 4) is 0 Å². The summed E-state index contributed by atoms with van der Waals surface area (Å²) in [5, 5.41) is 4.47. The van der Waals surface area contributed by atoms with Gasteiger partial charge in [0.25, 0.3) is 0 Å². The molecule has 2 N–H and O–H groups in total. The molecule has 0 saturated carbocycles. The van der Waals surface area contributed by atoms with Gasteiger partial charge >= 0.3 is 27.5 Å². The molecule has 0 rings (SSSR count). The second-order valence-electron chi connectivity index (χ2n) is 4.87. The monoisotopic (exact) mass is 386 g/mol. The molecule has 0 heterocycles. The topological polar surface area (TPSA) is 110 Å². The van der Waals surface area contributed by atoms with E-state index in [1.807, 2.05) is 0 Å². The van der Waals surface area contributed by atoms with E-state index in [4.69, 9.17) is 9.66 Å². The molecule has 7 nitrogen and oxygen atoms in total. The minimum Gasteiger partial charge on any atom is -0.462 e. The molecule has 0 aromatic heterocycles. The van der Waals surface area contributed by atoms with Gasteiger partial charge in [0, 0.05) is 6.42 Å². The van der Waals surface area contributed by atoms with Crippen molar-refractivity contribution in [3.05, 3.63) is 12.2 Å². The molecule has 0 spiro atoms. The molecule has 24 heavy (non-hydrogen) atoms. The molecule has 0 aliphatic heterocycles. The zero-order chi connectivity index (χ0) is 19.4. The first-order valence-corrected chi connectivity index (χ1v) is 7.52. The Balaban J connectivity index is 4.30. The highest BCUT2D eigenvalue weighted by atomic mass is 32.2. The van der Waals surface area contributed by atoms with Crippen LogP contribution in [0.1, 0.15) is 13.3 Å². The third-order valence-corrected chi connectivity index (χ3v) is 3.52. The Morgan fingerprint density at radius 2 is 1.71 bits per heavy atom. The van der Waals surface area contributed by atoms with Crippen molar-refractivity contribution >= 4 is 16.1 Å². The van der Waals surface area contributed by atoms with Crippen molar-refractivity contribution in [3.63, 3.8) is 0 Å². The van der Waals surface area contributed by atoms with Crippen LogP contribution in [0.5, 0.6) is 0 Å². The van der Waals surface area contributed by atoms with Gasteiger partial charge < -0.3 is 14.6 Å². The first-order chi connectivity index (χ1) is 10.5. The van der Waals surface area contributed by atoms with Crippen LogP contribution in [-0.2, 0) is 24.4 Å². The van der Waals surface area contributed by atoms with Crippen LogP contribution in [0.2, 0.25) is 0 Å². The van der Waals surface area contributed by atoms with Gasteiger partial charge in [-0.3, -0.25) is 4.55 Å². The molecule has 0 aromatic carbocycles. The molecule has 13 heteroatoms. The van der Waals surface area contributed by atoms with E-state index in [0.717, 1.165) is 0 Å². The predicted molar refractivity (Wildman–Crippen MR) is 68.7 cm³/mol. The molecule has 1 atom stereocenters. The zero-order valence-electron chi connectivity index (χ0n) is 12.3. The molecule has 0 aliphatic carbocycles.